The van der Waals surface area contributed by atoms with Gasteiger partial charge in [0.15, 0.2) is 5.69 Å². The summed E-state index contributed by atoms with van der Waals surface area (Å²) in [6.45, 7) is 7.75. The lowest BCUT2D eigenvalue weighted by atomic mass is 10.1. The van der Waals surface area contributed by atoms with Crippen LogP contribution in [0.4, 0.5) is 24.7 Å². The maximum absolute atomic E-state index is 13.2. The number of nitrogens with two attached hydrogens (primary N) is 1. The number of halogens is 3. The van der Waals surface area contributed by atoms with Gasteiger partial charge in [0.1, 0.15) is 5.82 Å². The number of carbonyl (C=O) groups excluding carboxylic acids is 1. The zero-order chi connectivity index (χ0) is 23.5. The molecule has 0 aliphatic rings. The molecule has 0 radical (unpaired) electrons. The van der Waals surface area contributed by atoms with Gasteiger partial charge in [-0.15, -0.1) is 0 Å². The van der Waals surface area contributed by atoms with Crippen molar-refractivity contribution in [1.29, 1.82) is 0 Å². The summed E-state index contributed by atoms with van der Waals surface area (Å²) in [6.07, 6.45) is 0. The lowest BCUT2D eigenvalue weighted by Crippen LogP contribution is -2.43. The molecule has 1 aromatic carbocycles. The number of hydrogen-bond acceptors (Lipinski definition) is 5. The molecule has 0 saturated heterocycles. The number of anilines is 2. The van der Waals surface area contributed by atoms with E-state index in [4.69, 9.17) is 5.73 Å². The van der Waals surface area contributed by atoms with Crippen LogP contribution in [0.15, 0.2) is 38.8 Å². The van der Waals surface area contributed by atoms with Crippen molar-refractivity contribution < 1.29 is 18.0 Å². The van der Waals surface area contributed by atoms with Gasteiger partial charge < -0.3 is 10.6 Å². The Morgan fingerprint density at radius 3 is 2.19 bits per heavy atom. The molecule has 2 rings (SSSR count). The number of amides is 1. The fourth-order valence-electron chi connectivity index (χ4n) is 2.98. The van der Waals surface area contributed by atoms with E-state index < -0.39 is 22.7 Å². The molecule has 0 atom stereocenters. The van der Waals surface area contributed by atoms with Gasteiger partial charge in [-0.05, 0) is 47.9 Å². The third kappa shape index (κ3) is 6.39. The fourth-order valence-corrected chi connectivity index (χ4v) is 3.52. The first-order chi connectivity index (χ1) is 14.3. The van der Waals surface area contributed by atoms with Crippen LogP contribution in [0.2, 0.25) is 0 Å². The Morgan fingerprint density at radius 1 is 1.13 bits per heavy atom. The zero-order valence-electron chi connectivity index (χ0n) is 17.6. The average molecular weight is 459 g/mol. The van der Waals surface area contributed by atoms with Gasteiger partial charge in [0.2, 0.25) is 0 Å². The van der Waals surface area contributed by atoms with E-state index in [1.54, 1.807) is 0 Å². The van der Waals surface area contributed by atoms with E-state index in [1.165, 1.54) is 33.7 Å². The number of aromatic nitrogens is 2. The number of benzene rings is 1. The van der Waals surface area contributed by atoms with Gasteiger partial charge >= 0.3 is 11.2 Å². The first-order valence-electron chi connectivity index (χ1n) is 9.60. The smallest absolute Gasteiger partial charge is 0.383 e. The van der Waals surface area contributed by atoms with Crippen LogP contribution in [0.5, 0.6) is 0 Å². The zero-order valence-corrected chi connectivity index (χ0v) is 18.4. The molecular weight excluding hydrogens is 433 g/mol. The molecule has 0 spiro atoms. The minimum Gasteiger partial charge on any atom is -0.383 e. The first-order valence-corrected chi connectivity index (χ1v) is 10.4. The van der Waals surface area contributed by atoms with E-state index >= 15 is 0 Å². The fraction of sp³-hybridized carbons (Fsp3) is 0.450. The van der Waals surface area contributed by atoms with Gasteiger partial charge in [-0.2, -0.15) is 13.2 Å². The summed E-state index contributed by atoms with van der Waals surface area (Å²) in [7, 11) is 0. The van der Waals surface area contributed by atoms with Crippen molar-refractivity contribution in [3.63, 3.8) is 0 Å². The Labute approximate surface area is 181 Å². The maximum atomic E-state index is 13.2. The van der Waals surface area contributed by atoms with E-state index in [-0.39, 0.29) is 58.7 Å². The second-order valence-electron chi connectivity index (χ2n) is 7.88. The van der Waals surface area contributed by atoms with E-state index in [9.17, 15) is 27.6 Å². The molecule has 0 saturated carbocycles. The Hall–Kier alpha value is -2.69. The monoisotopic (exact) mass is 458 g/mol. The van der Waals surface area contributed by atoms with Crippen molar-refractivity contribution in [2.24, 2.45) is 11.8 Å². The molecule has 170 valence electrons. The molecule has 11 heteroatoms. The maximum Gasteiger partial charge on any atom is 0.446 e. The van der Waals surface area contributed by atoms with Crippen LogP contribution in [0, 0.1) is 11.8 Å². The van der Waals surface area contributed by atoms with Crippen molar-refractivity contribution in [1.82, 2.24) is 9.55 Å². The van der Waals surface area contributed by atoms with Gasteiger partial charge in [0.05, 0.1) is 0 Å². The van der Waals surface area contributed by atoms with E-state index in [1.807, 2.05) is 27.7 Å². The minimum absolute atomic E-state index is 0.0479. The number of H-pyrrole nitrogens is 1. The van der Waals surface area contributed by atoms with Crippen LogP contribution in [-0.2, 0) is 6.54 Å². The van der Waals surface area contributed by atoms with Gasteiger partial charge in [-0.1, -0.05) is 27.7 Å². The summed E-state index contributed by atoms with van der Waals surface area (Å²) in [6, 6.07) is 4.90. The summed E-state index contributed by atoms with van der Waals surface area (Å²) >= 11 is -0.287. The molecule has 0 fully saturated rings. The highest BCUT2D eigenvalue weighted by Gasteiger charge is 2.30. The number of thioether (sulfide) groups is 1. The van der Waals surface area contributed by atoms with E-state index in [0.29, 0.717) is 0 Å². The lowest BCUT2D eigenvalue weighted by molar-refractivity contribution is -0.0328. The summed E-state index contributed by atoms with van der Waals surface area (Å²) in [5, 5.41) is 0. The number of nitrogens with zero attached hydrogens (tertiary/aromatic N) is 2. The molecule has 2 aromatic rings. The molecular formula is C20H25F3N4O3S. The van der Waals surface area contributed by atoms with Crippen LogP contribution >= 0.6 is 11.8 Å². The van der Waals surface area contributed by atoms with Gasteiger partial charge in [0.25, 0.3) is 11.5 Å². The highest BCUT2D eigenvalue weighted by Crippen LogP contribution is 2.36. The molecule has 7 nitrogen and oxygen atoms in total. The van der Waals surface area contributed by atoms with Crippen molar-refractivity contribution in [3.05, 3.63) is 50.7 Å². The number of carbonyl (C=O) groups is 1. The van der Waals surface area contributed by atoms with Crippen LogP contribution in [0.3, 0.4) is 0 Å². The average Bonchev–Trinajstić information content (AvgIpc) is 2.62. The molecule has 1 aromatic heterocycles. The second-order valence-corrected chi connectivity index (χ2v) is 9.02. The topological polar surface area (TPSA) is 101 Å². The quantitative estimate of drug-likeness (QED) is 0.617. The molecule has 0 aliphatic carbocycles. The number of nitrogen functional groups attached to an aromatic ring is 1. The SMILES string of the molecule is CC(C)CN(C(=O)c1ccc(SC(F)(F)F)cc1)c1c(N)n(CC(C)C)c(=O)[nH]c1=O. The van der Waals surface area contributed by atoms with Gasteiger partial charge in [-0.3, -0.25) is 19.1 Å². The summed E-state index contributed by atoms with van der Waals surface area (Å²) in [5.74, 6) is -0.759. The Bertz CT molecular complexity index is 1040. The van der Waals surface area contributed by atoms with Crippen molar-refractivity contribution >= 4 is 29.2 Å². The third-order valence-electron chi connectivity index (χ3n) is 4.16. The normalized spacial score (nSPS) is 11.9. The standard InChI is InChI=1S/C20H25F3N4O3S/c1-11(2)9-26(15-16(24)27(10-12(3)4)19(30)25-17(15)28)18(29)13-5-7-14(8-6-13)31-20(21,22)23/h5-8,11-12H,9-10,24H2,1-4H3,(H,25,28,30). The number of rotatable bonds is 7. The number of alkyl halides is 3. The van der Waals surface area contributed by atoms with Crippen LogP contribution in [0.25, 0.3) is 0 Å². The van der Waals surface area contributed by atoms with Crippen LogP contribution in [0.1, 0.15) is 38.1 Å². The predicted octanol–water partition coefficient (Wildman–Crippen LogP) is 3.69. The molecule has 0 bridgehead atoms. The number of aromatic amines is 1. The van der Waals surface area contributed by atoms with E-state index in [2.05, 4.69) is 4.98 Å². The lowest BCUT2D eigenvalue weighted by Gasteiger charge is -2.26. The second kappa shape index (κ2) is 9.63. The van der Waals surface area contributed by atoms with Crippen molar-refractivity contribution in [2.75, 3.05) is 17.2 Å². The van der Waals surface area contributed by atoms with Gasteiger partial charge in [-0.25, -0.2) is 4.79 Å². The number of nitrogens with one attached hydrogen (secondary N) is 1. The molecule has 3 N–H and O–H groups in total. The molecule has 1 heterocycles. The third-order valence-corrected chi connectivity index (χ3v) is 4.90. The molecule has 1 amide bonds. The van der Waals surface area contributed by atoms with E-state index in [0.717, 1.165) is 0 Å². The Kier molecular flexibility index (Phi) is 7.63. The molecule has 0 unspecified atom stereocenters. The minimum atomic E-state index is -4.44. The highest BCUT2D eigenvalue weighted by molar-refractivity contribution is 8.00. The van der Waals surface area contributed by atoms with Gasteiger partial charge in [0, 0.05) is 23.5 Å². The summed E-state index contributed by atoms with van der Waals surface area (Å²) in [4.78, 5) is 41.3. The summed E-state index contributed by atoms with van der Waals surface area (Å²) in [5.41, 5.74) is 0.147. The molecule has 31 heavy (non-hydrogen) atoms. The first kappa shape index (κ1) is 24.6. The van der Waals surface area contributed by atoms with Crippen molar-refractivity contribution in [2.45, 2.75) is 44.6 Å². The van der Waals surface area contributed by atoms with Crippen molar-refractivity contribution in [3.8, 4) is 0 Å². The molecule has 0 aliphatic heterocycles. The number of hydrogen-bond donors (Lipinski definition) is 2. The Balaban J connectivity index is 2.53. The van der Waals surface area contributed by atoms with Crippen LogP contribution in [-0.4, -0.2) is 27.5 Å². The highest BCUT2D eigenvalue weighted by atomic mass is 32.2. The predicted molar refractivity (Wildman–Crippen MR) is 115 cm³/mol. The summed E-state index contributed by atoms with van der Waals surface area (Å²) < 4.78 is 38.9. The largest absolute Gasteiger partial charge is 0.446 e. The Morgan fingerprint density at radius 2 is 1.71 bits per heavy atom. The van der Waals surface area contributed by atoms with Crippen LogP contribution < -0.4 is 21.9 Å².